The summed E-state index contributed by atoms with van der Waals surface area (Å²) < 4.78 is 7.41. The SMILES string of the molecule is c1c(CNC2CC2)nnn1C1CCCOC1. The molecule has 2 heterocycles. The van der Waals surface area contributed by atoms with Crippen LogP contribution in [0.2, 0.25) is 0 Å². The summed E-state index contributed by atoms with van der Waals surface area (Å²) in [6, 6.07) is 1.11. The average Bonchev–Trinajstić information content (AvgIpc) is 3.05. The maximum atomic E-state index is 5.45. The topological polar surface area (TPSA) is 52.0 Å². The maximum Gasteiger partial charge on any atom is 0.0965 e. The second-order valence-corrected chi connectivity index (χ2v) is 4.72. The smallest absolute Gasteiger partial charge is 0.0965 e. The van der Waals surface area contributed by atoms with Gasteiger partial charge in [-0.3, -0.25) is 0 Å². The Balaban J connectivity index is 1.57. The predicted octanol–water partition coefficient (Wildman–Crippen LogP) is 0.882. The van der Waals surface area contributed by atoms with E-state index in [0.717, 1.165) is 44.3 Å². The van der Waals surface area contributed by atoms with E-state index in [4.69, 9.17) is 4.74 Å². The molecule has 1 aliphatic carbocycles. The summed E-state index contributed by atoms with van der Waals surface area (Å²) in [5, 5.41) is 11.8. The Morgan fingerprint density at radius 1 is 1.44 bits per heavy atom. The van der Waals surface area contributed by atoms with E-state index in [0.29, 0.717) is 6.04 Å². The Kier molecular flexibility index (Phi) is 2.88. The van der Waals surface area contributed by atoms with Gasteiger partial charge in [-0.05, 0) is 25.7 Å². The van der Waals surface area contributed by atoms with Crippen LogP contribution in [-0.2, 0) is 11.3 Å². The van der Waals surface area contributed by atoms with Gasteiger partial charge in [-0.2, -0.15) is 0 Å². The molecule has 2 fully saturated rings. The van der Waals surface area contributed by atoms with Crippen molar-refractivity contribution in [1.82, 2.24) is 20.3 Å². The highest BCUT2D eigenvalue weighted by atomic mass is 16.5. The van der Waals surface area contributed by atoms with Crippen molar-refractivity contribution in [2.24, 2.45) is 0 Å². The Hall–Kier alpha value is -0.940. The Bertz CT molecular complexity index is 342. The van der Waals surface area contributed by atoms with Crippen LogP contribution in [0.4, 0.5) is 0 Å². The van der Waals surface area contributed by atoms with E-state index in [9.17, 15) is 0 Å². The Morgan fingerprint density at radius 3 is 3.12 bits per heavy atom. The van der Waals surface area contributed by atoms with Gasteiger partial charge in [-0.25, -0.2) is 4.68 Å². The van der Waals surface area contributed by atoms with Gasteiger partial charge in [0.05, 0.1) is 24.5 Å². The quantitative estimate of drug-likeness (QED) is 0.821. The zero-order valence-electron chi connectivity index (χ0n) is 9.43. The van der Waals surface area contributed by atoms with Gasteiger partial charge in [0.1, 0.15) is 0 Å². The summed E-state index contributed by atoms with van der Waals surface area (Å²) >= 11 is 0. The molecular formula is C11H18N4O. The van der Waals surface area contributed by atoms with E-state index in [2.05, 4.69) is 21.8 Å². The number of hydrogen-bond donors (Lipinski definition) is 1. The summed E-state index contributed by atoms with van der Waals surface area (Å²) in [5.74, 6) is 0. The minimum atomic E-state index is 0.385. The summed E-state index contributed by atoms with van der Waals surface area (Å²) in [7, 11) is 0. The van der Waals surface area contributed by atoms with Gasteiger partial charge in [-0.15, -0.1) is 5.10 Å². The fraction of sp³-hybridized carbons (Fsp3) is 0.818. The second kappa shape index (κ2) is 4.51. The number of ether oxygens (including phenoxy) is 1. The first kappa shape index (κ1) is 10.2. The monoisotopic (exact) mass is 222 g/mol. The predicted molar refractivity (Wildman–Crippen MR) is 59.0 cm³/mol. The highest BCUT2D eigenvalue weighted by Gasteiger charge is 2.21. The number of hydrogen-bond acceptors (Lipinski definition) is 4. The summed E-state index contributed by atoms with van der Waals surface area (Å²) in [6.45, 7) is 2.51. The molecule has 0 spiro atoms. The molecule has 1 aromatic heterocycles. The molecule has 1 atom stereocenters. The van der Waals surface area contributed by atoms with Gasteiger partial charge in [0.25, 0.3) is 0 Å². The Morgan fingerprint density at radius 2 is 2.38 bits per heavy atom. The number of nitrogens with one attached hydrogen (secondary N) is 1. The fourth-order valence-corrected chi connectivity index (χ4v) is 2.04. The standard InChI is InChI=1S/C11H18N4O/c1-2-11(8-16-5-1)15-7-10(13-14-15)6-12-9-3-4-9/h7,9,11-12H,1-6,8H2. The van der Waals surface area contributed by atoms with E-state index in [1.54, 1.807) is 0 Å². The van der Waals surface area contributed by atoms with Crippen molar-refractivity contribution in [3.05, 3.63) is 11.9 Å². The van der Waals surface area contributed by atoms with Crippen LogP contribution in [0.5, 0.6) is 0 Å². The van der Waals surface area contributed by atoms with E-state index in [-0.39, 0.29) is 0 Å². The third-order valence-electron chi connectivity index (χ3n) is 3.22. The van der Waals surface area contributed by atoms with Crippen molar-refractivity contribution >= 4 is 0 Å². The molecular weight excluding hydrogens is 204 g/mol. The summed E-state index contributed by atoms with van der Waals surface area (Å²) in [4.78, 5) is 0. The molecule has 5 heteroatoms. The second-order valence-electron chi connectivity index (χ2n) is 4.72. The van der Waals surface area contributed by atoms with Crippen molar-refractivity contribution in [3.8, 4) is 0 Å². The van der Waals surface area contributed by atoms with E-state index in [1.807, 2.05) is 4.68 Å². The molecule has 1 saturated carbocycles. The summed E-state index contributed by atoms with van der Waals surface area (Å²) in [6.07, 6.45) is 6.95. The third-order valence-corrected chi connectivity index (χ3v) is 3.22. The lowest BCUT2D eigenvalue weighted by Crippen LogP contribution is -2.21. The van der Waals surface area contributed by atoms with Crippen LogP contribution in [0.1, 0.15) is 37.4 Å². The molecule has 88 valence electrons. The molecule has 16 heavy (non-hydrogen) atoms. The van der Waals surface area contributed by atoms with Crippen molar-refractivity contribution in [3.63, 3.8) is 0 Å². The highest BCUT2D eigenvalue weighted by molar-refractivity contribution is 4.95. The first-order chi connectivity index (χ1) is 7.92. The lowest BCUT2D eigenvalue weighted by atomic mass is 10.1. The van der Waals surface area contributed by atoms with Crippen LogP contribution in [0.25, 0.3) is 0 Å². The zero-order valence-corrected chi connectivity index (χ0v) is 9.43. The van der Waals surface area contributed by atoms with Gasteiger partial charge in [-0.1, -0.05) is 5.21 Å². The first-order valence-electron chi connectivity index (χ1n) is 6.13. The molecule has 0 bridgehead atoms. The van der Waals surface area contributed by atoms with Gasteiger partial charge in [0.15, 0.2) is 0 Å². The van der Waals surface area contributed by atoms with Gasteiger partial charge in [0, 0.05) is 19.2 Å². The molecule has 1 saturated heterocycles. The van der Waals surface area contributed by atoms with Crippen LogP contribution in [0.15, 0.2) is 6.20 Å². The van der Waals surface area contributed by atoms with Crippen LogP contribution in [0.3, 0.4) is 0 Å². The van der Waals surface area contributed by atoms with Crippen LogP contribution in [-0.4, -0.2) is 34.2 Å². The van der Waals surface area contributed by atoms with Gasteiger partial charge in [0.2, 0.25) is 0 Å². The van der Waals surface area contributed by atoms with Crippen molar-refractivity contribution in [2.75, 3.05) is 13.2 Å². The number of aromatic nitrogens is 3. The minimum absolute atomic E-state index is 0.385. The molecule has 0 amide bonds. The lowest BCUT2D eigenvalue weighted by molar-refractivity contribution is 0.0543. The van der Waals surface area contributed by atoms with Gasteiger partial charge >= 0.3 is 0 Å². The number of rotatable bonds is 4. The molecule has 1 aromatic rings. The number of nitrogens with zero attached hydrogens (tertiary/aromatic N) is 3. The molecule has 2 aliphatic rings. The molecule has 5 nitrogen and oxygen atoms in total. The average molecular weight is 222 g/mol. The van der Waals surface area contributed by atoms with E-state index < -0.39 is 0 Å². The molecule has 1 aliphatic heterocycles. The molecule has 0 radical (unpaired) electrons. The molecule has 3 rings (SSSR count). The lowest BCUT2D eigenvalue weighted by Gasteiger charge is -2.21. The highest BCUT2D eigenvalue weighted by Crippen LogP contribution is 2.20. The largest absolute Gasteiger partial charge is 0.379 e. The zero-order chi connectivity index (χ0) is 10.8. The third kappa shape index (κ3) is 2.41. The molecule has 1 N–H and O–H groups in total. The molecule has 1 unspecified atom stereocenters. The maximum absolute atomic E-state index is 5.45. The van der Waals surface area contributed by atoms with Crippen molar-refractivity contribution in [1.29, 1.82) is 0 Å². The molecule has 0 aromatic carbocycles. The van der Waals surface area contributed by atoms with Crippen LogP contribution in [0, 0.1) is 0 Å². The fourth-order valence-electron chi connectivity index (χ4n) is 2.04. The minimum Gasteiger partial charge on any atom is -0.379 e. The first-order valence-corrected chi connectivity index (χ1v) is 6.13. The van der Waals surface area contributed by atoms with E-state index in [1.165, 1.54) is 12.8 Å². The van der Waals surface area contributed by atoms with Gasteiger partial charge < -0.3 is 10.1 Å². The summed E-state index contributed by atoms with van der Waals surface area (Å²) in [5.41, 5.74) is 1.04. The Labute approximate surface area is 95.2 Å². The van der Waals surface area contributed by atoms with E-state index >= 15 is 0 Å². The van der Waals surface area contributed by atoms with Crippen molar-refractivity contribution in [2.45, 2.75) is 44.3 Å². The van der Waals surface area contributed by atoms with Crippen LogP contribution < -0.4 is 5.32 Å². The van der Waals surface area contributed by atoms with Crippen molar-refractivity contribution < 1.29 is 4.74 Å². The van der Waals surface area contributed by atoms with Crippen LogP contribution >= 0.6 is 0 Å². The normalized spacial score (nSPS) is 25.9.